The number of anilines is 1. The Kier molecular flexibility index (Phi) is 7.85. The molecular weight excluding hydrogens is 422 g/mol. The van der Waals surface area contributed by atoms with Crippen LogP contribution in [0.3, 0.4) is 0 Å². The quantitative estimate of drug-likeness (QED) is 0.637. The van der Waals surface area contributed by atoms with Crippen LogP contribution in [-0.2, 0) is 29.0 Å². The van der Waals surface area contributed by atoms with Crippen molar-refractivity contribution in [3.05, 3.63) is 39.8 Å². The first-order chi connectivity index (χ1) is 15.7. The summed E-state index contributed by atoms with van der Waals surface area (Å²) in [5.41, 5.74) is 2.91. The van der Waals surface area contributed by atoms with Gasteiger partial charge in [0.1, 0.15) is 17.7 Å². The van der Waals surface area contributed by atoms with Gasteiger partial charge in [0.15, 0.2) is 5.82 Å². The highest BCUT2D eigenvalue weighted by atomic mass is 32.1. The van der Waals surface area contributed by atoms with Gasteiger partial charge in [0, 0.05) is 49.3 Å². The van der Waals surface area contributed by atoms with Gasteiger partial charge >= 0.3 is 0 Å². The lowest BCUT2D eigenvalue weighted by Crippen LogP contribution is -2.36. The zero-order chi connectivity index (χ0) is 22.3. The summed E-state index contributed by atoms with van der Waals surface area (Å²) in [7, 11) is 1.65. The molecule has 1 saturated heterocycles. The highest BCUT2D eigenvalue weighted by molar-refractivity contribution is 7.16. The van der Waals surface area contributed by atoms with E-state index in [9.17, 15) is 10.1 Å². The van der Waals surface area contributed by atoms with Gasteiger partial charge in [0.25, 0.3) is 0 Å². The first kappa shape index (κ1) is 22.8. The van der Waals surface area contributed by atoms with Crippen LogP contribution in [0.4, 0.5) is 5.00 Å². The summed E-state index contributed by atoms with van der Waals surface area (Å²) in [6, 6.07) is 4.33. The number of methoxy groups -OCH3 is 1. The van der Waals surface area contributed by atoms with Crippen molar-refractivity contribution in [1.29, 1.82) is 5.26 Å². The van der Waals surface area contributed by atoms with E-state index in [0.29, 0.717) is 36.9 Å². The van der Waals surface area contributed by atoms with Gasteiger partial charge in [-0.25, -0.2) is 9.97 Å². The number of nitrogens with one attached hydrogen (secondary N) is 1. The predicted octanol–water partition coefficient (Wildman–Crippen LogP) is 4.03. The van der Waals surface area contributed by atoms with E-state index in [1.54, 1.807) is 24.6 Å². The lowest BCUT2D eigenvalue weighted by molar-refractivity contribution is -0.116. The predicted molar refractivity (Wildman–Crippen MR) is 125 cm³/mol. The molecule has 0 bridgehead atoms. The molecule has 0 radical (unpaired) electrons. The van der Waals surface area contributed by atoms with Crippen molar-refractivity contribution in [2.45, 2.75) is 63.9 Å². The van der Waals surface area contributed by atoms with Gasteiger partial charge < -0.3 is 15.0 Å². The van der Waals surface area contributed by atoms with Crippen molar-refractivity contribution >= 4 is 22.2 Å². The molecule has 0 saturated carbocycles. The van der Waals surface area contributed by atoms with Crippen LogP contribution in [0.2, 0.25) is 0 Å². The lowest BCUT2D eigenvalue weighted by atomic mass is 9.94. The first-order valence-corrected chi connectivity index (χ1v) is 12.4. The third-order valence-electron chi connectivity index (χ3n) is 6.37. The van der Waals surface area contributed by atoms with Crippen molar-refractivity contribution in [2.24, 2.45) is 0 Å². The number of thiophene rings is 1. The van der Waals surface area contributed by atoms with E-state index in [1.807, 2.05) is 6.07 Å². The van der Waals surface area contributed by atoms with Crippen LogP contribution in [0.1, 0.15) is 72.0 Å². The van der Waals surface area contributed by atoms with Crippen LogP contribution < -0.4 is 5.32 Å². The maximum Gasteiger partial charge on any atom is 0.226 e. The fourth-order valence-electron chi connectivity index (χ4n) is 4.74. The molecule has 2 aromatic rings. The molecule has 0 aromatic carbocycles. The number of piperidine rings is 1. The molecule has 32 heavy (non-hydrogen) atoms. The van der Waals surface area contributed by atoms with Crippen molar-refractivity contribution in [3.63, 3.8) is 0 Å². The average Bonchev–Trinajstić information content (AvgIpc) is 2.97. The Balaban J connectivity index is 1.32. The van der Waals surface area contributed by atoms with Crippen LogP contribution in [0.5, 0.6) is 0 Å². The van der Waals surface area contributed by atoms with Crippen LogP contribution in [0.15, 0.2) is 12.3 Å². The van der Waals surface area contributed by atoms with Crippen LogP contribution in [0, 0.1) is 11.3 Å². The Morgan fingerprint density at radius 2 is 2.22 bits per heavy atom. The monoisotopic (exact) mass is 453 g/mol. The van der Waals surface area contributed by atoms with Gasteiger partial charge in [-0.2, -0.15) is 5.26 Å². The molecule has 170 valence electrons. The van der Waals surface area contributed by atoms with E-state index in [2.05, 4.69) is 26.3 Å². The number of fused-ring (bicyclic) bond motifs is 1. The van der Waals surface area contributed by atoms with E-state index >= 15 is 0 Å². The van der Waals surface area contributed by atoms with Gasteiger partial charge in [0.05, 0.1) is 5.56 Å². The highest BCUT2D eigenvalue weighted by Crippen LogP contribution is 2.37. The zero-order valence-corrected chi connectivity index (χ0v) is 19.5. The molecule has 7 nitrogen and oxygen atoms in total. The zero-order valence-electron chi connectivity index (χ0n) is 18.7. The number of aryl methyl sites for hydroxylation is 1. The van der Waals surface area contributed by atoms with Crippen molar-refractivity contribution in [2.75, 3.05) is 32.1 Å². The lowest BCUT2D eigenvalue weighted by Gasteiger charge is -2.32. The Morgan fingerprint density at radius 3 is 3.06 bits per heavy atom. The minimum Gasteiger partial charge on any atom is -0.377 e. The smallest absolute Gasteiger partial charge is 0.226 e. The standard InChI is InChI=1S/C24H31N5O2S/c1-31-16-22-26-11-9-20(27-22)17-6-5-12-29(15-17)13-10-23(30)28-24-19(14-25)18-7-3-2-4-8-21(18)32-24/h9,11,17H,2-8,10,12-13,15-16H2,1H3,(H,28,30). The van der Waals surface area contributed by atoms with E-state index in [1.165, 1.54) is 23.3 Å². The Bertz CT molecular complexity index is 983. The fourth-order valence-corrected chi connectivity index (χ4v) is 5.99. The minimum absolute atomic E-state index is 0.00977. The molecule has 4 rings (SSSR count). The van der Waals surface area contributed by atoms with Crippen LogP contribution in [0.25, 0.3) is 0 Å². The summed E-state index contributed by atoms with van der Waals surface area (Å²) in [5.74, 6) is 1.05. The van der Waals surface area contributed by atoms with E-state index in [-0.39, 0.29) is 5.91 Å². The summed E-state index contributed by atoms with van der Waals surface area (Å²) in [5, 5.41) is 13.5. The maximum absolute atomic E-state index is 12.7. The summed E-state index contributed by atoms with van der Waals surface area (Å²) < 4.78 is 5.16. The number of hydrogen-bond donors (Lipinski definition) is 1. The maximum atomic E-state index is 12.7. The molecule has 1 fully saturated rings. The molecule has 0 spiro atoms. The summed E-state index contributed by atoms with van der Waals surface area (Å²) in [6.07, 6.45) is 9.90. The highest BCUT2D eigenvalue weighted by Gasteiger charge is 2.24. The van der Waals surface area contributed by atoms with Gasteiger partial charge in [-0.15, -0.1) is 11.3 Å². The molecule has 2 aliphatic rings. The molecule has 1 unspecified atom stereocenters. The van der Waals surface area contributed by atoms with Crippen LogP contribution in [-0.4, -0.2) is 47.5 Å². The second-order valence-corrected chi connectivity index (χ2v) is 9.75. The number of aromatic nitrogens is 2. The molecule has 1 atom stereocenters. The molecule has 3 heterocycles. The topological polar surface area (TPSA) is 91.1 Å². The second kappa shape index (κ2) is 11.0. The molecule has 8 heteroatoms. The Morgan fingerprint density at radius 1 is 1.34 bits per heavy atom. The number of likely N-dealkylation sites (tertiary alicyclic amines) is 1. The number of nitriles is 1. The number of rotatable bonds is 7. The van der Waals surface area contributed by atoms with Crippen LogP contribution >= 0.6 is 11.3 Å². The van der Waals surface area contributed by atoms with Gasteiger partial charge in [0.2, 0.25) is 5.91 Å². The van der Waals surface area contributed by atoms with E-state index in [0.717, 1.165) is 55.9 Å². The molecule has 1 N–H and O–H groups in total. The molecule has 1 amide bonds. The molecular formula is C24H31N5O2S. The summed E-state index contributed by atoms with van der Waals surface area (Å²) in [4.78, 5) is 25.2. The molecule has 1 aliphatic carbocycles. The second-order valence-electron chi connectivity index (χ2n) is 8.65. The third-order valence-corrected chi connectivity index (χ3v) is 7.57. The number of nitrogens with zero attached hydrogens (tertiary/aromatic N) is 4. The Hall–Kier alpha value is -2.34. The SMILES string of the molecule is COCc1nccc(C2CCCN(CCC(=O)Nc3sc4c(c3C#N)CCCCC4)C2)n1. The summed E-state index contributed by atoms with van der Waals surface area (Å²) >= 11 is 1.60. The fraction of sp³-hybridized carbons (Fsp3) is 0.583. The first-order valence-electron chi connectivity index (χ1n) is 11.6. The number of carbonyl (C=O) groups is 1. The van der Waals surface area contributed by atoms with Crippen molar-refractivity contribution in [3.8, 4) is 6.07 Å². The number of ether oxygens (including phenoxy) is 1. The van der Waals surface area contributed by atoms with E-state index < -0.39 is 0 Å². The normalized spacial score (nSPS) is 19.1. The third kappa shape index (κ3) is 5.52. The largest absolute Gasteiger partial charge is 0.377 e. The molecule has 1 aliphatic heterocycles. The van der Waals surface area contributed by atoms with Gasteiger partial charge in [-0.3, -0.25) is 4.79 Å². The van der Waals surface area contributed by atoms with Crippen molar-refractivity contribution in [1.82, 2.24) is 14.9 Å². The Labute approximate surface area is 193 Å². The van der Waals surface area contributed by atoms with Gasteiger partial charge in [-0.05, 0) is 56.7 Å². The van der Waals surface area contributed by atoms with Gasteiger partial charge in [-0.1, -0.05) is 6.42 Å². The molecule has 2 aromatic heterocycles. The average molecular weight is 454 g/mol. The van der Waals surface area contributed by atoms with Crippen molar-refractivity contribution < 1.29 is 9.53 Å². The number of amides is 1. The minimum atomic E-state index is -0.00977. The summed E-state index contributed by atoms with van der Waals surface area (Å²) in [6.45, 7) is 3.02. The number of hydrogen-bond acceptors (Lipinski definition) is 7. The van der Waals surface area contributed by atoms with E-state index in [4.69, 9.17) is 4.74 Å². The number of carbonyl (C=O) groups excluding carboxylic acids is 1.